The van der Waals surface area contributed by atoms with Crippen LogP contribution < -0.4 is 5.32 Å². The SMILES string of the molecule is Cn1ccc(NC(=O)CC(C)(C)CC(=O)O)n1. The number of aromatic nitrogens is 2. The fourth-order valence-corrected chi connectivity index (χ4v) is 1.58. The van der Waals surface area contributed by atoms with E-state index in [1.807, 2.05) is 0 Å². The Morgan fingerprint density at radius 2 is 2.12 bits per heavy atom. The third-order valence-corrected chi connectivity index (χ3v) is 2.25. The Kier molecular flexibility index (Phi) is 3.88. The van der Waals surface area contributed by atoms with Gasteiger partial charge in [0.25, 0.3) is 0 Å². The molecular formula is C11H17N3O3. The molecule has 1 rings (SSSR count). The topological polar surface area (TPSA) is 84.2 Å². The van der Waals surface area contributed by atoms with Crippen molar-refractivity contribution in [3.63, 3.8) is 0 Å². The van der Waals surface area contributed by atoms with Gasteiger partial charge in [-0.2, -0.15) is 5.10 Å². The van der Waals surface area contributed by atoms with Gasteiger partial charge >= 0.3 is 5.97 Å². The molecule has 17 heavy (non-hydrogen) atoms. The predicted molar refractivity (Wildman–Crippen MR) is 62.5 cm³/mol. The van der Waals surface area contributed by atoms with Crippen molar-refractivity contribution in [2.75, 3.05) is 5.32 Å². The molecule has 1 amide bonds. The molecule has 0 atom stereocenters. The van der Waals surface area contributed by atoms with Crippen LogP contribution >= 0.6 is 0 Å². The standard InChI is InChI=1S/C11H17N3O3/c1-11(2,7-10(16)17)6-9(15)12-8-4-5-14(3)13-8/h4-5H,6-7H2,1-3H3,(H,16,17)(H,12,13,15). The van der Waals surface area contributed by atoms with Gasteiger partial charge < -0.3 is 10.4 Å². The highest BCUT2D eigenvalue weighted by Gasteiger charge is 2.25. The summed E-state index contributed by atoms with van der Waals surface area (Å²) >= 11 is 0. The summed E-state index contributed by atoms with van der Waals surface area (Å²) in [6.07, 6.45) is 1.83. The highest BCUT2D eigenvalue weighted by atomic mass is 16.4. The van der Waals surface area contributed by atoms with Crippen LogP contribution in [0.4, 0.5) is 5.82 Å². The second kappa shape index (κ2) is 4.99. The summed E-state index contributed by atoms with van der Waals surface area (Å²) in [6, 6.07) is 1.68. The summed E-state index contributed by atoms with van der Waals surface area (Å²) in [6.45, 7) is 3.50. The zero-order valence-corrected chi connectivity index (χ0v) is 10.2. The summed E-state index contributed by atoms with van der Waals surface area (Å²) in [5, 5.41) is 15.3. The number of hydrogen-bond acceptors (Lipinski definition) is 3. The molecule has 0 spiro atoms. The molecule has 1 aromatic rings. The molecule has 94 valence electrons. The summed E-state index contributed by atoms with van der Waals surface area (Å²) < 4.78 is 1.58. The van der Waals surface area contributed by atoms with Crippen molar-refractivity contribution < 1.29 is 14.7 Å². The highest BCUT2D eigenvalue weighted by Crippen LogP contribution is 2.25. The number of nitrogens with one attached hydrogen (secondary N) is 1. The highest BCUT2D eigenvalue weighted by molar-refractivity contribution is 5.90. The Labute approximate surface area is 99.6 Å². The van der Waals surface area contributed by atoms with E-state index in [9.17, 15) is 9.59 Å². The number of nitrogens with zero attached hydrogens (tertiary/aromatic N) is 2. The Balaban J connectivity index is 2.52. The maximum atomic E-state index is 11.7. The molecule has 0 radical (unpaired) electrons. The number of carboxylic acids is 1. The number of carboxylic acid groups (broad SMARTS) is 1. The molecule has 0 aliphatic rings. The number of carbonyl (C=O) groups excluding carboxylic acids is 1. The fraction of sp³-hybridized carbons (Fsp3) is 0.545. The largest absolute Gasteiger partial charge is 0.481 e. The second-order valence-electron chi connectivity index (χ2n) is 4.83. The van der Waals surface area contributed by atoms with E-state index >= 15 is 0 Å². The van der Waals surface area contributed by atoms with Gasteiger partial charge in [0.15, 0.2) is 5.82 Å². The molecule has 6 nitrogen and oxygen atoms in total. The number of aliphatic carboxylic acids is 1. The molecule has 0 aliphatic heterocycles. The minimum absolute atomic E-state index is 0.0390. The lowest BCUT2D eigenvalue weighted by molar-refractivity contribution is -0.139. The zero-order chi connectivity index (χ0) is 13.1. The van der Waals surface area contributed by atoms with E-state index in [1.54, 1.807) is 37.8 Å². The van der Waals surface area contributed by atoms with E-state index in [4.69, 9.17) is 5.11 Å². The van der Waals surface area contributed by atoms with Gasteiger partial charge in [-0.15, -0.1) is 0 Å². The van der Waals surface area contributed by atoms with Crippen LogP contribution in [0.5, 0.6) is 0 Å². The first-order valence-electron chi connectivity index (χ1n) is 5.30. The Hall–Kier alpha value is -1.85. The molecule has 0 aliphatic carbocycles. The second-order valence-corrected chi connectivity index (χ2v) is 4.83. The first-order chi connectivity index (χ1) is 7.78. The lowest BCUT2D eigenvalue weighted by Crippen LogP contribution is -2.25. The van der Waals surface area contributed by atoms with Crippen LogP contribution in [0.3, 0.4) is 0 Å². The van der Waals surface area contributed by atoms with Gasteiger partial charge in [-0.3, -0.25) is 14.3 Å². The number of aryl methyl sites for hydroxylation is 1. The lowest BCUT2D eigenvalue weighted by atomic mass is 9.85. The molecule has 0 unspecified atom stereocenters. The van der Waals surface area contributed by atoms with Crippen LogP contribution in [0.15, 0.2) is 12.3 Å². The molecule has 1 aromatic heterocycles. The lowest BCUT2D eigenvalue weighted by Gasteiger charge is -2.20. The quantitative estimate of drug-likeness (QED) is 0.809. The van der Waals surface area contributed by atoms with Gasteiger partial charge in [-0.1, -0.05) is 13.8 Å². The number of anilines is 1. The minimum atomic E-state index is -0.902. The average Bonchev–Trinajstić information content (AvgIpc) is 2.46. The van der Waals surface area contributed by atoms with Gasteiger partial charge in [0, 0.05) is 25.7 Å². The molecule has 0 aromatic carbocycles. The summed E-state index contributed by atoms with van der Waals surface area (Å²) in [4.78, 5) is 22.3. The van der Waals surface area contributed by atoms with Crippen molar-refractivity contribution in [3.8, 4) is 0 Å². The fourth-order valence-electron chi connectivity index (χ4n) is 1.58. The normalized spacial score (nSPS) is 11.2. The molecular weight excluding hydrogens is 222 g/mol. The maximum absolute atomic E-state index is 11.7. The molecule has 6 heteroatoms. The number of hydrogen-bond donors (Lipinski definition) is 2. The van der Waals surface area contributed by atoms with Crippen LogP contribution in [-0.4, -0.2) is 26.8 Å². The van der Waals surface area contributed by atoms with E-state index in [1.165, 1.54) is 0 Å². The van der Waals surface area contributed by atoms with E-state index < -0.39 is 11.4 Å². The Bertz CT molecular complexity index is 423. The van der Waals surface area contributed by atoms with Gasteiger partial charge in [0.1, 0.15) is 0 Å². The molecule has 1 heterocycles. The maximum Gasteiger partial charge on any atom is 0.303 e. The minimum Gasteiger partial charge on any atom is -0.481 e. The van der Waals surface area contributed by atoms with Gasteiger partial charge in [-0.05, 0) is 5.41 Å². The van der Waals surface area contributed by atoms with Crippen molar-refractivity contribution in [2.45, 2.75) is 26.7 Å². The Morgan fingerprint density at radius 1 is 1.47 bits per heavy atom. The van der Waals surface area contributed by atoms with Crippen LogP contribution in [0.25, 0.3) is 0 Å². The van der Waals surface area contributed by atoms with Gasteiger partial charge in [0.2, 0.25) is 5.91 Å². The third-order valence-electron chi connectivity index (χ3n) is 2.25. The number of carbonyl (C=O) groups is 2. The van der Waals surface area contributed by atoms with E-state index in [2.05, 4.69) is 10.4 Å². The summed E-state index contributed by atoms with van der Waals surface area (Å²) in [5.74, 6) is -0.654. The van der Waals surface area contributed by atoms with Gasteiger partial charge in [0.05, 0.1) is 6.42 Å². The van der Waals surface area contributed by atoms with E-state index in [0.717, 1.165) is 0 Å². The Morgan fingerprint density at radius 3 is 2.59 bits per heavy atom. The van der Waals surface area contributed by atoms with Crippen LogP contribution in [-0.2, 0) is 16.6 Å². The number of amides is 1. The summed E-state index contributed by atoms with van der Waals surface area (Å²) in [5.41, 5.74) is -0.565. The molecule has 0 bridgehead atoms. The van der Waals surface area contributed by atoms with Crippen LogP contribution in [0.1, 0.15) is 26.7 Å². The first kappa shape index (κ1) is 13.2. The van der Waals surface area contributed by atoms with Crippen LogP contribution in [0.2, 0.25) is 0 Å². The van der Waals surface area contributed by atoms with E-state index in [0.29, 0.717) is 5.82 Å². The van der Waals surface area contributed by atoms with Crippen molar-refractivity contribution in [1.82, 2.24) is 9.78 Å². The zero-order valence-electron chi connectivity index (χ0n) is 10.2. The number of rotatable bonds is 5. The molecule has 0 saturated heterocycles. The van der Waals surface area contributed by atoms with Crippen molar-refractivity contribution in [3.05, 3.63) is 12.3 Å². The third kappa shape index (κ3) is 4.67. The van der Waals surface area contributed by atoms with Crippen molar-refractivity contribution in [2.24, 2.45) is 12.5 Å². The molecule has 0 saturated carbocycles. The first-order valence-corrected chi connectivity index (χ1v) is 5.30. The average molecular weight is 239 g/mol. The predicted octanol–water partition coefficient (Wildman–Crippen LogP) is 1.25. The molecule has 2 N–H and O–H groups in total. The smallest absolute Gasteiger partial charge is 0.303 e. The van der Waals surface area contributed by atoms with Gasteiger partial charge in [-0.25, -0.2) is 0 Å². The van der Waals surface area contributed by atoms with Crippen LogP contribution in [0, 0.1) is 5.41 Å². The summed E-state index contributed by atoms with van der Waals surface area (Å²) in [7, 11) is 1.75. The van der Waals surface area contributed by atoms with Crippen molar-refractivity contribution in [1.29, 1.82) is 0 Å². The van der Waals surface area contributed by atoms with E-state index in [-0.39, 0.29) is 18.7 Å². The monoisotopic (exact) mass is 239 g/mol. The molecule has 0 fully saturated rings. The van der Waals surface area contributed by atoms with Crippen molar-refractivity contribution >= 4 is 17.7 Å².